The molecular formula is C25H33ClIN3O5. The molecule has 1 heterocycles. The van der Waals surface area contributed by atoms with Crippen molar-refractivity contribution in [1.82, 2.24) is 16.0 Å². The van der Waals surface area contributed by atoms with E-state index in [4.69, 9.17) is 21.1 Å². The van der Waals surface area contributed by atoms with Crippen LogP contribution in [-0.2, 0) is 5.41 Å². The zero-order valence-corrected chi connectivity index (χ0v) is 23.0. The van der Waals surface area contributed by atoms with E-state index in [0.717, 1.165) is 26.1 Å². The standard InChI is InChI=1S/C25H33ClIN3O5/c1-16-10-18(6-9-23(16)35-14-19(32)11-26)25(2,3)17-4-7-21(8-5-17)34-15-20(33)12-30-24(27)22(13-31)28-29-30/h4-10,19-20,28-29,31-33H,11-15H2,1-3H3/t19-,20+/m1/s1. The highest BCUT2D eigenvalue weighted by atomic mass is 127. The van der Waals surface area contributed by atoms with Crippen molar-refractivity contribution in [3.05, 3.63) is 68.6 Å². The highest BCUT2D eigenvalue weighted by Crippen LogP contribution is 2.34. The third kappa shape index (κ3) is 7.14. The first-order valence-electron chi connectivity index (χ1n) is 11.3. The summed E-state index contributed by atoms with van der Waals surface area (Å²) in [5, 5.41) is 31.0. The zero-order valence-electron chi connectivity index (χ0n) is 20.1. The van der Waals surface area contributed by atoms with Crippen LogP contribution < -0.4 is 20.4 Å². The molecule has 0 saturated carbocycles. The van der Waals surface area contributed by atoms with Gasteiger partial charge in [-0.25, -0.2) is 0 Å². The van der Waals surface area contributed by atoms with Crippen LogP contribution in [0.1, 0.15) is 30.5 Å². The van der Waals surface area contributed by atoms with Crippen molar-refractivity contribution in [2.45, 2.75) is 38.4 Å². The first kappa shape index (κ1) is 27.8. The molecule has 0 aliphatic carbocycles. The molecule has 0 radical (unpaired) electrons. The molecule has 0 amide bonds. The Morgan fingerprint density at radius 3 is 2.29 bits per heavy atom. The van der Waals surface area contributed by atoms with Gasteiger partial charge in [-0.3, -0.25) is 5.01 Å². The summed E-state index contributed by atoms with van der Waals surface area (Å²) in [5.74, 6) is 1.54. The minimum absolute atomic E-state index is 0.104. The Balaban J connectivity index is 1.58. The number of hydrogen-bond donors (Lipinski definition) is 5. The van der Waals surface area contributed by atoms with Gasteiger partial charge in [0.05, 0.1) is 24.7 Å². The summed E-state index contributed by atoms with van der Waals surface area (Å²) in [6.45, 7) is 6.81. The number of halogens is 2. The Morgan fingerprint density at radius 2 is 1.69 bits per heavy atom. The molecule has 0 saturated heterocycles. The summed E-state index contributed by atoms with van der Waals surface area (Å²) in [4.78, 5) is 0. The lowest BCUT2D eigenvalue weighted by Crippen LogP contribution is -2.43. The van der Waals surface area contributed by atoms with Gasteiger partial charge in [-0.15, -0.1) is 17.1 Å². The fraction of sp³-hybridized carbons (Fsp3) is 0.440. The average molecular weight is 618 g/mol. The highest BCUT2D eigenvalue weighted by Gasteiger charge is 2.25. The van der Waals surface area contributed by atoms with Crippen LogP contribution in [0.5, 0.6) is 11.5 Å². The summed E-state index contributed by atoms with van der Waals surface area (Å²) in [7, 11) is 0. The monoisotopic (exact) mass is 617 g/mol. The van der Waals surface area contributed by atoms with Gasteiger partial charge in [0, 0.05) is 5.41 Å². The van der Waals surface area contributed by atoms with Gasteiger partial charge in [0.15, 0.2) is 0 Å². The summed E-state index contributed by atoms with van der Waals surface area (Å²) >= 11 is 7.74. The van der Waals surface area contributed by atoms with E-state index in [1.807, 2.05) is 43.3 Å². The lowest BCUT2D eigenvalue weighted by Gasteiger charge is -2.27. The van der Waals surface area contributed by atoms with Gasteiger partial charge < -0.3 is 30.2 Å². The number of ether oxygens (including phenoxy) is 2. The van der Waals surface area contributed by atoms with E-state index in [1.165, 1.54) is 0 Å². The smallest absolute Gasteiger partial charge is 0.122 e. The van der Waals surface area contributed by atoms with E-state index >= 15 is 0 Å². The Hall–Kier alpha value is -1.76. The number of benzene rings is 2. The lowest BCUT2D eigenvalue weighted by atomic mass is 9.77. The van der Waals surface area contributed by atoms with Crippen molar-refractivity contribution in [2.24, 2.45) is 0 Å². The Labute approximate surface area is 225 Å². The second kappa shape index (κ2) is 12.5. The molecule has 1 aliphatic rings. The van der Waals surface area contributed by atoms with Gasteiger partial charge in [-0.1, -0.05) is 38.1 Å². The second-order valence-electron chi connectivity index (χ2n) is 8.99. The molecule has 2 aromatic rings. The van der Waals surface area contributed by atoms with Crippen LogP contribution in [0.15, 0.2) is 51.9 Å². The second-order valence-corrected chi connectivity index (χ2v) is 10.3. The number of rotatable bonds is 12. The minimum Gasteiger partial charge on any atom is -0.491 e. The van der Waals surface area contributed by atoms with Crippen LogP contribution in [-0.4, -0.2) is 64.8 Å². The summed E-state index contributed by atoms with van der Waals surface area (Å²) in [5.41, 5.74) is 9.43. The topological polar surface area (TPSA) is 106 Å². The van der Waals surface area contributed by atoms with E-state index in [0.29, 0.717) is 18.0 Å². The van der Waals surface area contributed by atoms with Gasteiger partial charge in [-0.2, -0.15) is 0 Å². The van der Waals surface area contributed by atoms with Gasteiger partial charge in [0.25, 0.3) is 0 Å². The van der Waals surface area contributed by atoms with Gasteiger partial charge in [0.1, 0.15) is 40.6 Å². The van der Waals surface area contributed by atoms with Crippen LogP contribution in [0.3, 0.4) is 0 Å². The van der Waals surface area contributed by atoms with Crippen molar-refractivity contribution in [2.75, 3.05) is 32.2 Å². The number of nitrogens with one attached hydrogen (secondary N) is 2. The Kier molecular flexibility index (Phi) is 9.91. The molecule has 2 aromatic carbocycles. The van der Waals surface area contributed by atoms with Crippen molar-refractivity contribution < 1.29 is 24.8 Å². The molecule has 0 fully saturated rings. The molecule has 0 unspecified atom stereocenters. The number of hydrogen-bond acceptors (Lipinski definition) is 8. The maximum atomic E-state index is 10.4. The zero-order chi connectivity index (χ0) is 25.6. The molecule has 3 rings (SSSR count). The fourth-order valence-corrected chi connectivity index (χ4v) is 4.36. The molecule has 1 aliphatic heterocycles. The van der Waals surface area contributed by atoms with Gasteiger partial charge in [0.2, 0.25) is 0 Å². The van der Waals surface area contributed by atoms with E-state index < -0.39 is 12.2 Å². The van der Waals surface area contributed by atoms with Gasteiger partial charge >= 0.3 is 0 Å². The molecule has 35 heavy (non-hydrogen) atoms. The minimum atomic E-state index is -0.725. The molecule has 0 aromatic heterocycles. The van der Waals surface area contributed by atoms with Crippen LogP contribution in [0.4, 0.5) is 0 Å². The lowest BCUT2D eigenvalue weighted by molar-refractivity contribution is 0.0680. The molecule has 10 heteroatoms. The fourth-order valence-electron chi connectivity index (χ4n) is 3.65. The predicted octanol–water partition coefficient (Wildman–Crippen LogP) is 2.96. The van der Waals surface area contributed by atoms with E-state index in [9.17, 15) is 15.3 Å². The van der Waals surface area contributed by atoms with E-state index in [1.54, 1.807) is 5.01 Å². The average Bonchev–Trinajstić information content (AvgIpc) is 3.20. The molecule has 0 spiro atoms. The quantitative estimate of drug-likeness (QED) is 0.141. The summed E-state index contributed by atoms with van der Waals surface area (Å²) in [6.07, 6.45) is -1.42. The van der Waals surface area contributed by atoms with Crippen LogP contribution >= 0.6 is 34.2 Å². The first-order valence-corrected chi connectivity index (χ1v) is 12.9. The number of aryl methyl sites for hydroxylation is 1. The van der Waals surface area contributed by atoms with Gasteiger partial charge in [-0.05, 0) is 64.4 Å². The number of hydrazine groups is 2. The number of aliphatic hydroxyl groups excluding tert-OH is 3. The summed E-state index contributed by atoms with van der Waals surface area (Å²) < 4.78 is 12.3. The maximum absolute atomic E-state index is 10.4. The largest absolute Gasteiger partial charge is 0.491 e. The predicted molar refractivity (Wildman–Crippen MR) is 145 cm³/mol. The van der Waals surface area contributed by atoms with E-state index in [2.05, 4.69) is 53.5 Å². The molecule has 8 nitrogen and oxygen atoms in total. The number of alkyl halides is 1. The third-order valence-corrected chi connectivity index (χ3v) is 7.49. The molecule has 0 bridgehead atoms. The Bertz CT molecular complexity index is 1020. The SMILES string of the molecule is Cc1cc(C(C)(C)c2ccc(OC[C@@H](O)CN3NNC(CO)=C3I)cc2)ccc1OC[C@H](O)CCl. The maximum Gasteiger partial charge on any atom is 0.122 e. The molecular weight excluding hydrogens is 585 g/mol. The van der Waals surface area contributed by atoms with Crippen molar-refractivity contribution >= 4 is 34.2 Å². The third-order valence-electron chi connectivity index (χ3n) is 5.90. The van der Waals surface area contributed by atoms with Crippen molar-refractivity contribution in [1.29, 1.82) is 0 Å². The molecule has 192 valence electrons. The van der Waals surface area contributed by atoms with Crippen LogP contribution in [0.2, 0.25) is 0 Å². The van der Waals surface area contributed by atoms with Crippen LogP contribution in [0, 0.1) is 6.92 Å². The number of aliphatic hydroxyl groups is 3. The number of nitrogens with zero attached hydrogens (tertiary/aromatic N) is 1. The normalized spacial score (nSPS) is 15.7. The van der Waals surface area contributed by atoms with Crippen molar-refractivity contribution in [3.8, 4) is 11.5 Å². The number of β-amino-alcohol motifs (C(OH)–C–C–N with tert-alkyl or cyclic N) is 1. The first-order chi connectivity index (χ1) is 16.6. The van der Waals surface area contributed by atoms with E-state index in [-0.39, 0.29) is 31.1 Å². The van der Waals surface area contributed by atoms with Crippen molar-refractivity contribution in [3.63, 3.8) is 0 Å². The molecule has 5 N–H and O–H groups in total. The highest BCUT2D eigenvalue weighted by molar-refractivity contribution is 14.1. The Morgan fingerprint density at radius 1 is 1.03 bits per heavy atom. The van der Waals surface area contributed by atoms with Crippen LogP contribution in [0.25, 0.3) is 0 Å². The molecule has 2 atom stereocenters. The summed E-state index contributed by atoms with van der Waals surface area (Å²) in [6, 6.07) is 13.9.